The molecule has 0 aromatic carbocycles. The summed E-state index contributed by atoms with van der Waals surface area (Å²) in [5.41, 5.74) is 6.45. The van der Waals surface area contributed by atoms with Crippen molar-refractivity contribution in [1.82, 2.24) is 5.32 Å². The lowest BCUT2D eigenvalue weighted by Gasteiger charge is -2.08. The van der Waals surface area contributed by atoms with Gasteiger partial charge in [0.2, 0.25) is 0 Å². The second-order valence-electron chi connectivity index (χ2n) is 3.79. The Morgan fingerprint density at radius 2 is 1.93 bits per heavy atom. The maximum Gasteiger partial charge on any atom is 0.120 e. The zero-order valence-corrected chi connectivity index (χ0v) is 9.63. The number of carbonyl (C=O) groups excluding carboxylic acids is 1. The molecule has 0 aliphatic rings. The minimum absolute atomic E-state index is 0.636. The molecule has 3 heteroatoms. The molecular weight excluding hydrogens is 188 g/mol. The number of aldehydes is 1. The highest BCUT2D eigenvalue weighted by Gasteiger charge is 1.93. The first kappa shape index (κ1) is 14.2. The van der Waals surface area contributed by atoms with Crippen molar-refractivity contribution in [2.24, 2.45) is 5.73 Å². The average Bonchev–Trinajstić information content (AvgIpc) is 2.23. The molecule has 0 aromatic heterocycles. The Hall–Kier alpha value is -0.830. The summed E-state index contributed by atoms with van der Waals surface area (Å²) in [7, 11) is 0. The highest BCUT2D eigenvalue weighted by atomic mass is 16.1. The molecule has 3 N–H and O–H groups in total. The lowest BCUT2D eigenvalue weighted by atomic mass is 10.2. The number of nitrogens with two attached hydrogens (primary N) is 1. The number of rotatable bonds is 11. The summed E-state index contributed by atoms with van der Waals surface area (Å²) in [6, 6.07) is 0. The van der Waals surface area contributed by atoms with Gasteiger partial charge in [0.05, 0.1) is 0 Å². The molecule has 0 saturated heterocycles. The molecule has 88 valence electrons. The van der Waals surface area contributed by atoms with E-state index in [1.807, 2.05) is 0 Å². The molecule has 0 aromatic rings. The van der Waals surface area contributed by atoms with E-state index < -0.39 is 0 Å². The summed E-state index contributed by atoms with van der Waals surface area (Å²) < 4.78 is 0. The Kier molecular flexibility index (Phi) is 10.6. The number of carbonyl (C=O) groups is 1. The van der Waals surface area contributed by atoms with Gasteiger partial charge in [-0.15, -0.1) is 0 Å². The molecule has 0 saturated carbocycles. The largest absolute Gasteiger partial charge is 0.389 e. The molecule has 0 rings (SSSR count). The van der Waals surface area contributed by atoms with Crippen molar-refractivity contribution in [3.63, 3.8) is 0 Å². The van der Waals surface area contributed by atoms with E-state index in [2.05, 4.69) is 11.9 Å². The van der Waals surface area contributed by atoms with Gasteiger partial charge in [0, 0.05) is 18.7 Å². The van der Waals surface area contributed by atoms with Crippen molar-refractivity contribution in [3.05, 3.63) is 12.3 Å². The summed E-state index contributed by atoms with van der Waals surface area (Å²) in [4.78, 5) is 10.1. The third-order valence-corrected chi connectivity index (χ3v) is 2.31. The molecule has 0 radical (unpaired) electrons. The Morgan fingerprint density at radius 3 is 2.60 bits per heavy atom. The van der Waals surface area contributed by atoms with E-state index in [-0.39, 0.29) is 0 Å². The predicted molar refractivity (Wildman–Crippen MR) is 64.6 cm³/mol. The average molecular weight is 212 g/mol. The standard InChI is InChI=1S/C12H24N2O/c1-12(8-4-7-11-15)14-10-6-3-2-5-9-13/h11,14H,1-10,13H2. The highest BCUT2D eigenvalue weighted by molar-refractivity contribution is 5.49. The van der Waals surface area contributed by atoms with Crippen LogP contribution in [0.3, 0.4) is 0 Å². The smallest absolute Gasteiger partial charge is 0.120 e. The predicted octanol–water partition coefficient (Wildman–Crippen LogP) is 1.98. The van der Waals surface area contributed by atoms with Crippen LogP contribution in [-0.4, -0.2) is 19.4 Å². The first-order chi connectivity index (χ1) is 7.31. The summed E-state index contributed by atoms with van der Waals surface area (Å²) in [5.74, 6) is 0. The topological polar surface area (TPSA) is 55.1 Å². The molecule has 0 atom stereocenters. The third kappa shape index (κ3) is 11.1. The van der Waals surface area contributed by atoms with Gasteiger partial charge >= 0.3 is 0 Å². The lowest BCUT2D eigenvalue weighted by molar-refractivity contribution is -0.107. The van der Waals surface area contributed by atoms with Gasteiger partial charge in [0.25, 0.3) is 0 Å². The molecule has 0 fully saturated rings. The van der Waals surface area contributed by atoms with E-state index in [1.165, 1.54) is 19.3 Å². The van der Waals surface area contributed by atoms with Crippen molar-refractivity contribution in [2.75, 3.05) is 13.1 Å². The van der Waals surface area contributed by atoms with Gasteiger partial charge in [0.1, 0.15) is 6.29 Å². The molecule has 0 amide bonds. The fourth-order valence-corrected chi connectivity index (χ4v) is 1.38. The van der Waals surface area contributed by atoms with E-state index in [9.17, 15) is 4.79 Å². The Bertz CT molecular complexity index is 169. The maximum absolute atomic E-state index is 10.1. The van der Waals surface area contributed by atoms with Crippen LogP contribution < -0.4 is 11.1 Å². The van der Waals surface area contributed by atoms with Crippen LogP contribution in [-0.2, 0) is 4.79 Å². The van der Waals surface area contributed by atoms with Gasteiger partial charge in [-0.25, -0.2) is 0 Å². The lowest BCUT2D eigenvalue weighted by Crippen LogP contribution is -2.14. The van der Waals surface area contributed by atoms with Gasteiger partial charge in [0.15, 0.2) is 0 Å². The van der Waals surface area contributed by atoms with Crippen molar-refractivity contribution >= 4 is 6.29 Å². The van der Waals surface area contributed by atoms with Gasteiger partial charge in [-0.05, 0) is 32.2 Å². The molecule has 0 aliphatic heterocycles. The van der Waals surface area contributed by atoms with E-state index in [0.29, 0.717) is 6.42 Å². The van der Waals surface area contributed by atoms with E-state index in [4.69, 9.17) is 5.73 Å². The van der Waals surface area contributed by atoms with Gasteiger partial charge < -0.3 is 15.8 Å². The zero-order chi connectivity index (χ0) is 11.4. The minimum atomic E-state index is 0.636. The molecule has 3 nitrogen and oxygen atoms in total. The summed E-state index contributed by atoms with van der Waals surface area (Å²) in [5, 5.41) is 3.28. The first-order valence-corrected chi connectivity index (χ1v) is 5.86. The van der Waals surface area contributed by atoms with Crippen LogP contribution in [0.2, 0.25) is 0 Å². The Labute approximate surface area is 93.1 Å². The number of allylic oxidation sites excluding steroid dienone is 1. The fourth-order valence-electron chi connectivity index (χ4n) is 1.38. The molecule has 0 unspecified atom stereocenters. The minimum Gasteiger partial charge on any atom is -0.389 e. The second-order valence-corrected chi connectivity index (χ2v) is 3.79. The van der Waals surface area contributed by atoms with Crippen molar-refractivity contribution < 1.29 is 4.79 Å². The molecule has 15 heavy (non-hydrogen) atoms. The van der Waals surface area contributed by atoms with Gasteiger partial charge in [-0.3, -0.25) is 0 Å². The fraction of sp³-hybridized carbons (Fsp3) is 0.750. The number of hydrogen-bond donors (Lipinski definition) is 2. The number of nitrogens with one attached hydrogen (secondary N) is 1. The van der Waals surface area contributed by atoms with Crippen LogP contribution in [0.4, 0.5) is 0 Å². The van der Waals surface area contributed by atoms with Crippen LogP contribution in [0.25, 0.3) is 0 Å². The van der Waals surface area contributed by atoms with Crippen molar-refractivity contribution in [1.29, 1.82) is 0 Å². The van der Waals surface area contributed by atoms with Crippen LogP contribution in [0.5, 0.6) is 0 Å². The Balaban J connectivity index is 3.13. The summed E-state index contributed by atoms with van der Waals surface area (Å²) in [6.07, 6.45) is 8.15. The number of hydrogen-bond acceptors (Lipinski definition) is 3. The van der Waals surface area contributed by atoms with E-state index in [1.54, 1.807) is 0 Å². The first-order valence-electron chi connectivity index (χ1n) is 5.86. The van der Waals surface area contributed by atoms with Crippen molar-refractivity contribution in [2.45, 2.75) is 44.9 Å². The maximum atomic E-state index is 10.1. The summed E-state index contributed by atoms with van der Waals surface area (Å²) in [6.45, 7) is 5.70. The van der Waals surface area contributed by atoms with Gasteiger partial charge in [-0.2, -0.15) is 0 Å². The number of unbranched alkanes of at least 4 members (excludes halogenated alkanes) is 4. The zero-order valence-electron chi connectivity index (χ0n) is 9.63. The quantitative estimate of drug-likeness (QED) is 0.407. The van der Waals surface area contributed by atoms with E-state index >= 15 is 0 Å². The molecular formula is C12H24N2O. The van der Waals surface area contributed by atoms with Crippen LogP contribution >= 0.6 is 0 Å². The summed E-state index contributed by atoms with van der Waals surface area (Å²) >= 11 is 0. The van der Waals surface area contributed by atoms with E-state index in [0.717, 1.165) is 44.3 Å². The molecule has 0 heterocycles. The van der Waals surface area contributed by atoms with Crippen molar-refractivity contribution in [3.8, 4) is 0 Å². The molecule has 0 bridgehead atoms. The second kappa shape index (κ2) is 11.2. The van der Waals surface area contributed by atoms with Crippen LogP contribution in [0.1, 0.15) is 44.9 Å². The van der Waals surface area contributed by atoms with Crippen LogP contribution in [0.15, 0.2) is 12.3 Å². The van der Waals surface area contributed by atoms with Gasteiger partial charge in [-0.1, -0.05) is 19.4 Å². The molecule has 0 spiro atoms. The SMILES string of the molecule is C=C(CCCC=O)NCCCCCCN. The monoisotopic (exact) mass is 212 g/mol. The highest BCUT2D eigenvalue weighted by Crippen LogP contribution is 2.02. The third-order valence-electron chi connectivity index (χ3n) is 2.31. The van der Waals surface area contributed by atoms with Crippen LogP contribution in [0, 0.1) is 0 Å². The molecule has 0 aliphatic carbocycles. The Morgan fingerprint density at radius 1 is 1.20 bits per heavy atom. The normalized spacial score (nSPS) is 9.93.